The molecule has 70 heavy (non-hydrogen) atoms. The largest absolute Gasteiger partial charge is 0.390 e. The maximum Gasteiger partial charge on any atom is 0.297 e. The molecule has 1 fully saturated rings. The van der Waals surface area contributed by atoms with E-state index in [-0.39, 0.29) is 59.5 Å². The molecule has 408 valence electrons. The van der Waals surface area contributed by atoms with E-state index in [0.29, 0.717) is 12.8 Å². The Bertz CT molecular complexity index is 2680. The number of carbonyl (C=O) groups is 2. The lowest BCUT2D eigenvalue weighted by molar-refractivity contribution is -0.297. The second-order valence-electron chi connectivity index (χ2n) is 15.6. The zero-order chi connectivity index (χ0) is 50.7. The average Bonchev–Trinajstić information content (AvgIpc) is 3.36. The van der Waals surface area contributed by atoms with Crippen LogP contribution in [0.5, 0.6) is 0 Å². The number of hydrogen-bond acceptors (Lipinski definition) is 9. The molecular weight excluding hydrogens is 881 g/mol. The molecule has 0 radical (unpaired) electrons. The van der Waals surface area contributed by atoms with Crippen LogP contribution in [0.15, 0.2) is 30.3 Å². The monoisotopic (exact) mass is 989 g/mol. The van der Waals surface area contributed by atoms with Crippen LogP contribution in [0, 0.1) is 142 Å². The number of unbranched alkanes of at least 4 members (excludes halogenated alkanes) is 11. The Labute approximate surface area is 451 Å². The highest BCUT2D eigenvalue weighted by atomic mass is 16.7. The quantitative estimate of drug-likeness (QED) is 0.0394. The molecule has 8 atom stereocenters. The van der Waals surface area contributed by atoms with Crippen molar-refractivity contribution in [3.05, 3.63) is 35.9 Å². The van der Waals surface area contributed by atoms with Gasteiger partial charge in [0.2, 0.25) is 5.91 Å². The lowest BCUT2D eigenvalue weighted by Crippen LogP contribution is -2.61. The fourth-order valence-electron chi connectivity index (χ4n) is 6.47. The van der Waals surface area contributed by atoms with Gasteiger partial charge >= 0.3 is 0 Å². The summed E-state index contributed by atoms with van der Waals surface area (Å²) < 4.78 is 11.5. The summed E-state index contributed by atoms with van der Waals surface area (Å²) in [5, 5.41) is 59.5. The SMILES string of the molecule is CC#CC#CC#CC#CC#CC#CC#CC#CC#CC#CC#CC#CC(=O)N[C@@H](CO[C@H]1OC(CNC(=O)CCc2ccccc2)[C@H](O)[C@H](O)C1O)[C@H](O)[C@H](O)CCCCCCCCCCCCCC.[HH].[HH].[HH].[HH].[HH].[HH].[HH].[HH].[HH].[HH].[HH].[HH].[HH].[HH].[HH].[HH].[HH].[HH].[HH].[HH].[HH].[HH].[HH].[HH]. The lowest BCUT2D eigenvalue weighted by Gasteiger charge is -2.41. The molecule has 2 rings (SSSR count). The number of ether oxygens (including phenoxy) is 2. The van der Waals surface area contributed by atoms with E-state index in [2.05, 4.69) is 160 Å². The summed E-state index contributed by atoms with van der Waals surface area (Å²) in [4.78, 5) is 25.5. The van der Waals surface area contributed by atoms with Crippen molar-refractivity contribution in [2.45, 2.75) is 159 Å². The lowest BCUT2D eigenvalue weighted by atomic mass is 9.98. The Morgan fingerprint density at radius 2 is 1.09 bits per heavy atom. The molecule has 11 heteroatoms. The van der Waals surface area contributed by atoms with Crippen molar-refractivity contribution in [2.24, 2.45) is 0 Å². The average molecular weight is 990 g/mol. The van der Waals surface area contributed by atoms with Gasteiger partial charge in [-0.1, -0.05) is 120 Å². The third kappa shape index (κ3) is 28.7. The number of benzene rings is 1. The van der Waals surface area contributed by atoms with Crippen LogP contribution in [-0.4, -0.2) is 99.5 Å². The highest BCUT2D eigenvalue weighted by Crippen LogP contribution is 2.23. The Balaban J connectivity index is -0.000000100. The zero-order valence-electron chi connectivity index (χ0n) is 39.9. The summed E-state index contributed by atoms with van der Waals surface area (Å²) in [6.07, 6.45) is 3.95. The summed E-state index contributed by atoms with van der Waals surface area (Å²) in [5.41, 5.74) is 0.974. The molecule has 0 saturated carbocycles. The van der Waals surface area contributed by atoms with Crippen LogP contribution in [0.2, 0.25) is 0 Å². The van der Waals surface area contributed by atoms with Crippen molar-refractivity contribution in [2.75, 3.05) is 13.2 Å². The molecule has 2 amide bonds. The van der Waals surface area contributed by atoms with Gasteiger partial charge in [-0.2, -0.15) is 0 Å². The van der Waals surface area contributed by atoms with Crippen molar-refractivity contribution in [1.82, 2.24) is 10.6 Å². The van der Waals surface area contributed by atoms with E-state index >= 15 is 0 Å². The van der Waals surface area contributed by atoms with Gasteiger partial charge in [-0.05, 0) is 120 Å². The van der Waals surface area contributed by atoms with E-state index in [4.69, 9.17) is 9.47 Å². The topological polar surface area (TPSA) is 178 Å². The smallest absolute Gasteiger partial charge is 0.297 e. The molecule has 0 aromatic heterocycles. The normalized spacial score (nSPS) is 16.8. The van der Waals surface area contributed by atoms with Gasteiger partial charge in [-0.15, -0.1) is 0 Å². The van der Waals surface area contributed by atoms with Crippen molar-refractivity contribution >= 4 is 11.8 Å². The van der Waals surface area contributed by atoms with E-state index in [9.17, 15) is 35.1 Å². The number of hydrogen-bond donors (Lipinski definition) is 7. The van der Waals surface area contributed by atoms with Gasteiger partial charge in [0.1, 0.15) is 30.5 Å². The molecule has 11 nitrogen and oxygen atoms in total. The molecule has 1 saturated heterocycles. The minimum atomic E-state index is -1.73. The van der Waals surface area contributed by atoms with Gasteiger partial charge in [-0.3, -0.25) is 9.59 Å². The molecule has 1 aromatic carbocycles. The fraction of sp³-hybridized carbons (Fsp3) is 0.458. The first-order chi connectivity index (χ1) is 34.2. The number of aliphatic hydroxyl groups is 5. The Morgan fingerprint density at radius 3 is 1.57 bits per heavy atom. The van der Waals surface area contributed by atoms with Crippen LogP contribution in [0.1, 0.15) is 144 Å². The number of nitrogens with one attached hydrogen (secondary N) is 2. The number of aliphatic hydroxyl groups excluding tert-OH is 5. The first-order valence-electron chi connectivity index (χ1n) is 23.4. The molecule has 1 aliphatic heterocycles. The molecule has 7 N–H and O–H groups in total. The van der Waals surface area contributed by atoms with Crippen LogP contribution in [0.25, 0.3) is 0 Å². The predicted octanol–water partition coefficient (Wildman–Crippen LogP) is 8.82. The van der Waals surface area contributed by atoms with Gasteiger partial charge < -0.3 is 45.6 Å². The summed E-state index contributed by atoms with van der Waals surface area (Å²) in [7, 11) is 0. The Kier molecular flexibility index (Phi) is 33.2. The van der Waals surface area contributed by atoms with Crippen LogP contribution >= 0.6 is 0 Å². The van der Waals surface area contributed by atoms with Crippen LogP contribution < -0.4 is 10.6 Å². The van der Waals surface area contributed by atoms with Crippen molar-refractivity contribution < 1.29 is 78.8 Å². The van der Waals surface area contributed by atoms with Crippen molar-refractivity contribution in [1.29, 1.82) is 0 Å². The Hall–Kier alpha value is -7.40. The van der Waals surface area contributed by atoms with E-state index in [1.165, 1.54) is 44.9 Å². The summed E-state index contributed by atoms with van der Waals surface area (Å²) in [6, 6.07) is 8.17. The number of aryl methyl sites for hydroxylation is 1. The Morgan fingerprint density at radius 1 is 0.629 bits per heavy atom. The van der Waals surface area contributed by atoms with E-state index in [1.807, 2.05) is 30.3 Å². The summed E-state index contributed by atoms with van der Waals surface area (Å²) >= 11 is 0. The summed E-state index contributed by atoms with van der Waals surface area (Å²) in [6.45, 7) is 3.18. The third-order valence-electron chi connectivity index (χ3n) is 10.2. The summed E-state index contributed by atoms with van der Waals surface area (Å²) in [5.74, 6) is 58.4. The number of rotatable bonds is 24. The van der Waals surface area contributed by atoms with Gasteiger partial charge in [0, 0.05) is 88.6 Å². The molecule has 0 spiro atoms. The molecular formula is C59H108N2O9. The van der Waals surface area contributed by atoms with Crippen LogP contribution in [-0.2, 0) is 25.5 Å². The minimum absolute atomic E-state index is 0. The van der Waals surface area contributed by atoms with E-state index in [0.717, 1.165) is 31.2 Å². The predicted molar refractivity (Wildman–Crippen MR) is 320 cm³/mol. The second kappa shape index (κ2) is 39.6. The highest BCUT2D eigenvalue weighted by Gasteiger charge is 2.45. The zero-order valence-corrected chi connectivity index (χ0v) is 39.9. The van der Waals surface area contributed by atoms with Gasteiger partial charge in [0.25, 0.3) is 5.91 Å². The van der Waals surface area contributed by atoms with E-state index < -0.39 is 61.5 Å². The molecule has 0 aliphatic carbocycles. The molecule has 1 aliphatic rings. The maximum absolute atomic E-state index is 12.9. The van der Waals surface area contributed by atoms with Crippen molar-refractivity contribution in [3.63, 3.8) is 0 Å². The van der Waals surface area contributed by atoms with Crippen molar-refractivity contribution in [3.8, 4) is 142 Å². The standard InChI is InChI=1S/C59H60N2O9.24H2/c1-3-5-7-9-11-13-15-17-18-19-20-21-22-23-24-25-26-27-29-31-33-35-40-44-54(64)61-50(55(65)51(62)43-39-34-32-30-28-16-14-12-10-8-6-4-2)48-69-59-58(68)57(67)56(66)52(70-59)47-60-53(63)46-45-49-41-37-36-38-42-49;;;;;;;;;;;;;;;;;;;;;;;;/h36-38,41-42,50-52,55-59,62,65-68H,4,6,8,10,12,14,16,28,30,32,34,39,43,45-48H2,1-2H3,(H,60,63)(H,61,64);24*1H/t50-,51+,52?,55-,56-,57-,58?,59-;;;;;;;;;;;;;;;;;;;;;;;;/m0......................../s1. The van der Waals surface area contributed by atoms with Gasteiger partial charge in [-0.25, -0.2) is 0 Å². The second-order valence-corrected chi connectivity index (χ2v) is 15.6. The fourth-order valence-corrected chi connectivity index (χ4v) is 6.47. The number of amides is 2. The third-order valence-corrected chi connectivity index (χ3v) is 10.2. The van der Waals surface area contributed by atoms with Gasteiger partial charge in [0.15, 0.2) is 6.29 Å². The highest BCUT2D eigenvalue weighted by molar-refractivity contribution is 5.94. The first-order valence-corrected chi connectivity index (χ1v) is 23.4. The van der Waals surface area contributed by atoms with Crippen LogP contribution in [0.4, 0.5) is 0 Å². The first kappa shape index (κ1) is 58.7. The minimum Gasteiger partial charge on any atom is -0.390 e. The maximum atomic E-state index is 12.9. The van der Waals surface area contributed by atoms with Crippen LogP contribution in [0.3, 0.4) is 0 Å². The molecule has 2 unspecified atom stereocenters. The van der Waals surface area contributed by atoms with Gasteiger partial charge in [0.05, 0.1) is 18.8 Å². The number of carbonyl (C=O) groups excluding carboxylic acids is 2. The molecule has 0 bridgehead atoms. The van der Waals surface area contributed by atoms with E-state index in [1.54, 1.807) is 6.92 Å². The molecule has 1 aromatic rings. The molecule has 1 heterocycles.